The van der Waals surface area contributed by atoms with Crippen LogP contribution in [0.25, 0.3) is 11.3 Å². The molecule has 158 valence electrons. The SMILES string of the molecule is COc1ccc(C(C)(C)C)cc1NC(=O)CCc1ncc(-c2ccc(F)cc2F)o1. The summed E-state index contributed by atoms with van der Waals surface area (Å²) in [4.78, 5) is 16.5. The summed E-state index contributed by atoms with van der Waals surface area (Å²) in [5.74, 6) is -0.588. The zero-order chi connectivity index (χ0) is 21.9. The molecule has 0 fully saturated rings. The molecule has 0 bridgehead atoms. The molecule has 0 unspecified atom stereocenters. The molecular weight excluding hydrogens is 390 g/mol. The predicted octanol–water partition coefficient (Wildman–Crippen LogP) is 5.50. The number of methoxy groups -OCH3 is 1. The molecule has 0 atom stereocenters. The molecule has 0 radical (unpaired) electrons. The monoisotopic (exact) mass is 414 g/mol. The van der Waals surface area contributed by atoms with Crippen LogP contribution in [0.4, 0.5) is 14.5 Å². The molecule has 1 amide bonds. The molecule has 1 aromatic heterocycles. The number of amides is 1. The molecule has 0 aliphatic carbocycles. The Balaban J connectivity index is 1.66. The number of halogens is 2. The number of anilines is 1. The zero-order valence-electron chi connectivity index (χ0n) is 17.4. The van der Waals surface area contributed by atoms with Crippen LogP contribution in [0.5, 0.6) is 5.75 Å². The van der Waals surface area contributed by atoms with Crippen molar-refractivity contribution in [3.8, 4) is 17.1 Å². The third-order valence-corrected chi connectivity index (χ3v) is 4.66. The summed E-state index contributed by atoms with van der Waals surface area (Å²) >= 11 is 0. The maximum Gasteiger partial charge on any atom is 0.224 e. The Bertz CT molecular complexity index is 1050. The molecule has 0 saturated carbocycles. The maximum absolute atomic E-state index is 13.9. The van der Waals surface area contributed by atoms with E-state index in [-0.39, 0.29) is 35.5 Å². The van der Waals surface area contributed by atoms with Gasteiger partial charge in [-0.05, 0) is 35.2 Å². The minimum atomic E-state index is -0.735. The topological polar surface area (TPSA) is 64.4 Å². The molecule has 0 spiro atoms. The van der Waals surface area contributed by atoms with Gasteiger partial charge in [0.05, 0.1) is 24.6 Å². The van der Waals surface area contributed by atoms with Crippen molar-refractivity contribution < 1.29 is 22.7 Å². The second-order valence-electron chi connectivity index (χ2n) is 7.96. The van der Waals surface area contributed by atoms with Crippen molar-refractivity contribution >= 4 is 11.6 Å². The van der Waals surface area contributed by atoms with Crippen molar-refractivity contribution in [2.45, 2.75) is 39.0 Å². The fourth-order valence-electron chi connectivity index (χ4n) is 2.95. The number of nitrogens with one attached hydrogen (secondary N) is 1. The van der Waals surface area contributed by atoms with Gasteiger partial charge in [0, 0.05) is 18.9 Å². The average molecular weight is 414 g/mol. The Kier molecular flexibility index (Phi) is 6.20. The average Bonchev–Trinajstić information content (AvgIpc) is 3.14. The van der Waals surface area contributed by atoms with Crippen LogP contribution >= 0.6 is 0 Å². The van der Waals surface area contributed by atoms with E-state index in [1.165, 1.54) is 12.3 Å². The summed E-state index contributed by atoms with van der Waals surface area (Å²) in [6, 6.07) is 8.91. The van der Waals surface area contributed by atoms with Gasteiger partial charge in [-0.15, -0.1) is 0 Å². The van der Waals surface area contributed by atoms with Crippen molar-refractivity contribution in [3.05, 3.63) is 65.7 Å². The molecule has 1 heterocycles. The normalized spacial score (nSPS) is 11.4. The number of aromatic nitrogens is 1. The highest BCUT2D eigenvalue weighted by Gasteiger charge is 2.18. The van der Waals surface area contributed by atoms with E-state index in [0.29, 0.717) is 17.3 Å². The Labute approximate surface area is 174 Å². The molecule has 0 aliphatic heterocycles. The van der Waals surface area contributed by atoms with Crippen molar-refractivity contribution in [1.82, 2.24) is 4.98 Å². The molecule has 30 heavy (non-hydrogen) atoms. The summed E-state index contributed by atoms with van der Waals surface area (Å²) in [5, 5.41) is 2.86. The van der Waals surface area contributed by atoms with Gasteiger partial charge in [-0.3, -0.25) is 4.79 Å². The van der Waals surface area contributed by atoms with E-state index in [1.54, 1.807) is 7.11 Å². The van der Waals surface area contributed by atoms with Crippen LogP contribution in [-0.2, 0) is 16.6 Å². The quantitative estimate of drug-likeness (QED) is 0.579. The Morgan fingerprint density at radius 2 is 1.93 bits per heavy atom. The first-order valence-corrected chi connectivity index (χ1v) is 9.56. The smallest absolute Gasteiger partial charge is 0.224 e. The van der Waals surface area contributed by atoms with Crippen LogP contribution < -0.4 is 10.1 Å². The Morgan fingerprint density at radius 3 is 2.60 bits per heavy atom. The summed E-state index contributed by atoms with van der Waals surface area (Å²) in [7, 11) is 1.55. The molecule has 3 aromatic rings. The van der Waals surface area contributed by atoms with Gasteiger partial charge in [0.1, 0.15) is 17.4 Å². The number of aryl methyl sites for hydroxylation is 1. The third kappa shape index (κ3) is 5.03. The highest BCUT2D eigenvalue weighted by molar-refractivity contribution is 5.92. The maximum atomic E-state index is 13.9. The van der Waals surface area contributed by atoms with Crippen LogP contribution in [0.1, 0.15) is 38.6 Å². The van der Waals surface area contributed by atoms with E-state index in [4.69, 9.17) is 9.15 Å². The molecule has 5 nitrogen and oxygen atoms in total. The summed E-state index contributed by atoms with van der Waals surface area (Å²) < 4.78 is 37.8. The van der Waals surface area contributed by atoms with Gasteiger partial charge < -0.3 is 14.5 Å². The zero-order valence-corrected chi connectivity index (χ0v) is 17.4. The summed E-state index contributed by atoms with van der Waals surface area (Å²) in [6.07, 6.45) is 1.71. The molecule has 7 heteroatoms. The Morgan fingerprint density at radius 1 is 1.17 bits per heavy atom. The van der Waals surface area contributed by atoms with Gasteiger partial charge >= 0.3 is 0 Å². The first-order chi connectivity index (χ1) is 14.2. The second-order valence-corrected chi connectivity index (χ2v) is 7.96. The number of oxazole rings is 1. The largest absolute Gasteiger partial charge is 0.495 e. The van der Waals surface area contributed by atoms with Crippen LogP contribution in [-0.4, -0.2) is 18.0 Å². The number of nitrogens with zero attached hydrogens (tertiary/aromatic N) is 1. The van der Waals surface area contributed by atoms with Gasteiger partial charge in [-0.1, -0.05) is 26.8 Å². The summed E-state index contributed by atoms with van der Waals surface area (Å²) in [6.45, 7) is 6.26. The van der Waals surface area contributed by atoms with Crippen LogP contribution in [0.15, 0.2) is 47.0 Å². The lowest BCUT2D eigenvalue weighted by molar-refractivity contribution is -0.116. The second kappa shape index (κ2) is 8.65. The van der Waals surface area contributed by atoms with Gasteiger partial charge in [0.15, 0.2) is 11.7 Å². The third-order valence-electron chi connectivity index (χ3n) is 4.66. The number of ether oxygens (including phenoxy) is 1. The first-order valence-electron chi connectivity index (χ1n) is 9.56. The van der Waals surface area contributed by atoms with Crippen molar-refractivity contribution in [2.75, 3.05) is 12.4 Å². The molecular formula is C23H24F2N2O3. The molecule has 0 saturated heterocycles. The van der Waals surface area contributed by atoms with Crippen LogP contribution in [0, 0.1) is 11.6 Å². The van der Waals surface area contributed by atoms with E-state index in [9.17, 15) is 13.6 Å². The standard InChI is InChI=1S/C23H24F2N2O3/c1-23(2,3)14-5-8-19(29-4)18(11-14)27-21(28)9-10-22-26-13-20(30-22)16-7-6-15(24)12-17(16)25/h5-8,11-13H,9-10H2,1-4H3,(H,27,28). The lowest BCUT2D eigenvalue weighted by atomic mass is 9.87. The first kappa shape index (κ1) is 21.5. The van der Waals surface area contributed by atoms with Gasteiger partial charge in [0.2, 0.25) is 5.91 Å². The van der Waals surface area contributed by atoms with Crippen LogP contribution in [0.2, 0.25) is 0 Å². The van der Waals surface area contributed by atoms with Crippen molar-refractivity contribution in [3.63, 3.8) is 0 Å². The predicted molar refractivity (Wildman–Crippen MR) is 110 cm³/mol. The fourth-order valence-corrected chi connectivity index (χ4v) is 2.95. The lowest BCUT2D eigenvalue weighted by Crippen LogP contribution is -2.16. The molecule has 2 aromatic carbocycles. The number of hydrogen-bond acceptors (Lipinski definition) is 4. The van der Waals surface area contributed by atoms with Gasteiger partial charge in [0.25, 0.3) is 0 Å². The molecule has 0 aliphatic rings. The van der Waals surface area contributed by atoms with Crippen LogP contribution in [0.3, 0.4) is 0 Å². The molecule has 1 N–H and O–H groups in total. The fraction of sp³-hybridized carbons (Fsp3) is 0.304. The minimum absolute atomic E-state index is 0.0735. The van der Waals surface area contributed by atoms with E-state index in [2.05, 4.69) is 31.1 Å². The van der Waals surface area contributed by atoms with E-state index < -0.39 is 11.6 Å². The molecule has 3 rings (SSSR count). The van der Waals surface area contributed by atoms with E-state index in [1.807, 2.05) is 18.2 Å². The number of rotatable bonds is 6. The number of benzene rings is 2. The highest BCUT2D eigenvalue weighted by Crippen LogP contribution is 2.31. The Hall–Kier alpha value is -3.22. The number of carbonyl (C=O) groups excluding carboxylic acids is 1. The van der Waals surface area contributed by atoms with Gasteiger partial charge in [-0.25, -0.2) is 13.8 Å². The number of hydrogen-bond donors (Lipinski definition) is 1. The summed E-state index contributed by atoms with van der Waals surface area (Å²) in [5.41, 5.74) is 1.70. The highest BCUT2D eigenvalue weighted by atomic mass is 19.1. The lowest BCUT2D eigenvalue weighted by Gasteiger charge is -2.21. The van der Waals surface area contributed by atoms with E-state index >= 15 is 0 Å². The van der Waals surface area contributed by atoms with E-state index in [0.717, 1.165) is 17.7 Å². The van der Waals surface area contributed by atoms with Crippen molar-refractivity contribution in [1.29, 1.82) is 0 Å². The minimum Gasteiger partial charge on any atom is -0.495 e. The van der Waals surface area contributed by atoms with Crippen molar-refractivity contribution in [2.24, 2.45) is 0 Å². The van der Waals surface area contributed by atoms with Gasteiger partial charge in [-0.2, -0.15) is 0 Å². The number of carbonyl (C=O) groups is 1.